The van der Waals surface area contributed by atoms with Crippen LogP contribution >= 0.6 is 0 Å². The largest absolute Gasteiger partial charge is 0.456 e. The van der Waals surface area contributed by atoms with Crippen LogP contribution in [0.15, 0.2) is 217 Å². The van der Waals surface area contributed by atoms with Gasteiger partial charge in [-0.05, 0) is 101 Å². The predicted molar refractivity (Wildman–Crippen MR) is 239 cm³/mol. The Balaban J connectivity index is 1.01. The summed E-state index contributed by atoms with van der Waals surface area (Å²) in [5.41, 5.74) is 14.4. The highest BCUT2D eigenvalue weighted by Crippen LogP contribution is 2.42. The van der Waals surface area contributed by atoms with Gasteiger partial charge in [0.2, 0.25) is 0 Å². The first-order chi connectivity index (χ1) is 28.7. The van der Waals surface area contributed by atoms with Crippen LogP contribution in [0.4, 0.5) is 21.5 Å². The first-order valence-corrected chi connectivity index (χ1v) is 19.5. The van der Waals surface area contributed by atoms with Gasteiger partial charge < -0.3 is 13.9 Å². The molecule has 0 saturated heterocycles. The molecular formula is C54H35FN2O. The summed E-state index contributed by atoms with van der Waals surface area (Å²) in [6, 6.07) is 73.1. The highest BCUT2D eigenvalue weighted by Gasteiger charge is 2.19. The zero-order valence-corrected chi connectivity index (χ0v) is 31.4. The number of para-hydroxylation sites is 3. The Morgan fingerprint density at radius 2 is 0.879 bits per heavy atom. The molecule has 0 bridgehead atoms. The van der Waals surface area contributed by atoms with Crippen LogP contribution in [0.25, 0.3) is 82.8 Å². The minimum atomic E-state index is -0.216. The zero-order valence-electron chi connectivity index (χ0n) is 31.4. The van der Waals surface area contributed by atoms with E-state index in [9.17, 15) is 0 Å². The molecule has 0 atom stereocenters. The van der Waals surface area contributed by atoms with E-state index in [1.165, 1.54) is 5.56 Å². The lowest BCUT2D eigenvalue weighted by Gasteiger charge is -2.26. The van der Waals surface area contributed by atoms with Crippen molar-refractivity contribution in [1.82, 2.24) is 4.57 Å². The van der Waals surface area contributed by atoms with E-state index >= 15 is 4.39 Å². The number of anilines is 3. The first-order valence-electron chi connectivity index (χ1n) is 19.5. The van der Waals surface area contributed by atoms with Crippen LogP contribution in [-0.4, -0.2) is 4.57 Å². The average Bonchev–Trinajstić information content (AvgIpc) is 3.84. The van der Waals surface area contributed by atoms with Gasteiger partial charge in [0.05, 0.1) is 16.7 Å². The molecule has 58 heavy (non-hydrogen) atoms. The maximum Gasteiger partial charge on any atom is 0.136 e. The molecule has 274 valence electrons. The van der Waals surface area contributed by atoms with E-state index in [-0.39, 0.29) is 5.82 Å². The van der Waals surface area contributed by atoms with Crippen LogP contribution in [0.5, 0.6) is 0 Å². The van der Waals surface area contributed by atoms with E-state index in [2.05, 4.69) is 155 Å². The lowest BCUT2D eigenvalue weighted by molar-refractivity contribution is 0.640. The summed E-state index contributed by atoms with van der Waals surface area (Å²) in [6.07, 6.45) is 0. The van der Waals surface area contributed by atoms with Crippen LogP contribution in [0.2, 0.25) is 0 Å². The van der Waals surface area contributed by atoms with Crippen LogP contribution in [0, 0.1) is 5.82 Å². The van der Waals surface area contributed by atoms with Gasteiger partial charge in [-0.1, -0.05) is 140 Å². The lowest BCUT2D eigenvalue weighted by Crippen LogP contribution is -2.09. The van der Waals surface area contributed by atoms with E-state index in [4.69, 9.17) is 4.42 Å². The number of nitrogens with zero attached hydrogens (tertiary/aromatic N) is 2. The number of furan rings is 1. The maximum atomic E-state index is 15.4. The second kappa shape index (κ2) is 13.8. The number of hydrogen-bond acceptors (Lipinski definition) is 2. The number of halogens is 1. The Labute approximate surface area is 335 Å². The smallest absolute Gasteiger partial charge is 0.136 e. The van der Waals surface area contributed by atoms with Crippen LogP contribution in [0.3, 0.4) is 0 Å². The molecule has 0 spiro atoms. The van der Waals surface area contributed by atoms with Gasteiger partial charge in [0.15, 0.2) is 0 Å². The molecule has 9 aromatic carbocycles. The number of fused-ring (bicyclic) bond motifs is 6. The summed E-state index contributed by atoms with van der Waals surface area (Å²) in [5.74, 6) is -0.216. The molecule has 0 aliphatic heterocycles. The van der Waals surface area contributed by atoms with Gasteiger partial charge in [0, 0.05) is 44.2 Å². The normalized spacial score (nSPS) is 11.5. The Morgan fingerprint density at radius 3 is 1.62 bits per heavy atom. The average molecular weight is 747 g/mol. The molecule has 11 rings (SSSR count). The van der Waals surface area contributed by atoms with Gasteiger partial charge in [-0.25, -0.2) is 4.39 Å². The number of rotatable bonds is 7. The number of hydrogen-bond donors (Lipinski definition) is 0. The van der Waals surface area contributed by atoms with E-state index in [1.54, 1.807) is 12.1 Å². The van der Waals surface area contributed by atoms with Crippen molar-refractivity contribution in [3.05, 3.63) is 218 Å². The molecule has 0 radical (unpaired) electrons. The highest BCUT2D eigenvalue weighted by molar-refractivity contribution is 6.12. The molecule has 2 aromatic heterocycles. The Morgan fingerprint density at radius 1 is 0.362 bits per heavy atom. The second-order valence-electron chi connectivity index (χ2n) is 14.6. The van der Waals surface area contributed by atoms with E-state index in [0.717, 1.165) is 88.9 Å². The third kappa shape index (κ3) is 5.57. The minimum Gasteiger partial charge on any atom is -0.456 e. The van der Waals surface area contributed by atoms with Crippen molar-refractivity contribution in [2.45, 2.75) is 0 Å². The molecule has 0 saturated carbocycles. The SMILES string of the molecule is Fc1cccc2c1c1ccccc1n2-c1ccccc1-c1ccc(N(c2ccc(-c3ccccc3)cc2)c2ccc(-c3cccc4oc5ccccc5c34)cc2)cc1. The summed E-state index contributed by atoms with van der Waals surface area (Å²) in [7, 11) is 0. The lowest BCUT2D eigenvalue weighted by atomic mass is 9.99. The van der Waals surface area contributed by atoms with Gasteiger partial charge >= 0.3 is 0 Å². The van der Waals surface area contributed by atoms with Crippen molar-refractivity contribution in [2.24, 2.45) is 0 Å². The van der Waals surface area contributed by atoms with Gasteiger partial charge in [-0.2, -0.15) is 0 Å². The Hall–Kier alpha value is -7.69. The minimum absolute atomic E-state index is 0.216. The van der Waals surface area contributed by atoms with Gasteiger partial charge in [-0.3, -0.25) is 0 Å². The number of benzene rings is 9. The monoisotopic (exact) mass is 746 g/mol. The van der Waals surface area contributed by atoms with Crippen molar-refractivity contribution >= 4 is 60.8 Å². The standard InChI is InChI=1S/C54H35FN2O/c55-47-18-11-21-50-54(47)45-15-5-8-20-49(45)57(50)48-19-7-4-14-43(48)38-26-32-41(33-27-38)56(40-30-24-37(25-31-40)36-12-2-1-3-13-36)42-34-28-39(29-35-42)44-17-10-23-52-53(44)46-16-6-9-22-51(46)58-52/h1-35H. The molecule has 0 unspecified atom stereocenters. The van der Waals surface area contributed by atoms with Crippen LogP contribution in [-0.2, 0) is 0 Å². The van der Waals surface area contributed by atoms with Gasteiger partial charge in [0.1, 0.15) is 17.0 Å². The summed E-state index contributed by atoms with van der Waals surface area (Å²) < 4.78 is 23.8. The number of aromatic nitrogens is 1. The zero-order chi connectivity index (χ0) is 38.6. The third-order valence-electron chi connectivity index (χ3n) is 11.3. The quantitative estimate of drug-likeness (QED) is 0.162. The molecule has 0 amide bonds. The van der Waals surface area contributed by atoms with Gasteiger partial charge in [-0.15, -0.1) is 0 Å². The summed E-state index contributed by atoms with van der Waals surface area (Å²) in [4.78, 5) is 2.30. The first kappa shape index (κ1) is 33.6. The van der Waals surface area contributed by atoms with Crippen molar-refractivity contribution in [3.63, 3.8) is 0 Å². The molecule has 3 nitrogen and oxygen atoms in total. The van der Waals surface area contributed by atoms with Crippen LogP contribution < -0.4 is 4.90 Å². The Kier molecular flexibility index (Phi) is 8.00. The molecule has 0 aliphatic rings. The molecule has 2 heterocycles. The van der Waals surface area contributed by atoms with Crippen molar-refractivity contribution in [2.75, 3.05) is 4.90 Å². The third-order valence-corrected chi connectivity index (χ3v) is 11.3. The van der Waals surface area contributed by atoms with Crippen LogP contribution in [0.1, 0.15) is 0 Å². The molecule has 0 N–H and O–H groups in total. The van der Waals surface area contributed by atoms with Crippen molar-refractivity contribution in [3.8, 4) is 39.1 Å². The fourth-order valence-corrected chi connectivity index (χ4v) is 8.62. The molecular weight excluding hydrogens is 712 g/mol. The molecule has 4 heteroatoms. The molecule has 0 aliphatic carbocycles. The maximum absolute atomic E-state index is 15.4. The second-order valence-corrected chi connectivity index (χ2v) is 14.6. The topological polar surface area (TPSA) is 21.3 Å². The molecule has 11 aromatic rings. The summed E-state index contributed by atoms with van der Waals surface area (Å²) in [5, 5.41) is 3.78. The van der Waals surface area contributed by atoms with Gasteiger partial charge in [0.25, 0.3) is 0 Å². The van der Waals surface area contributed by atoms with E-state index in [0.29, 0.717) is 5.39 Å². The van der Waals surface area contributed by atoms with E-state index < -0.39 is 0 Å². The highest BCUT2D eigenvalue weighted by atomic mass is 19.1. The summed E-state index contributed by atoms with van der Waals surface area (Å²) >= 11 is 0. The summed E-state index contributed by atoms with van der Waals surface area (Å²) in [6.45, 7) is 0. The fourth-order valence-electron chi connectivity index (χ4n) is 8.62. The van der Waals surface area contributed by atoms with Crippen molar-refractivity contribution < 1.29 is 8.81 Å². The van der Waals surface area contributed by atoms with Crippen molar-refractivity contribution in [1.29, 1.82) is 0 Å². The molecule has 0 fully saturated rings. The predicted octanol–water partition coefficient (Wildman–Crippen LogP) is 15.3. The Bertz CT molecular complexity index is 3270. The van der Waals surface area contributed by atoms with E-state index in [1.807, 2.05) is 54.6 Å². The fraction of sp³-hybridized carbons (Fsp3) is 0.